The Morgan fingerprint density at radius 1 is 0.828 bits per heavy atom. The number of piperazine rings is 1. The van der Waals surface area contributed by atoms with Gasteiger partial charge in [-0.3, -0.25) is 14.7 Å². The van der Waals surface area contributed by atoms with Crippen LogP contribution in [0.25, 0.3) is 0 Å². The van der Waals surface area contributed by atoms with Crippen molar-refractivity contribution in [3.63, 3.8) is 0 Å². The molecule has 3 aromatic rings. The van der Waals surface area contributed by atoms with E-state index in [0.717, 1.165) is 44.0 Å². The van der Waals surface area contributed by atoms with E-state index >= 15 is 0 Å². The predicted octanol–water partition coefficient (Wildman–Crippen LogP) is 3.62. The molecule has 5 heteroatoms. The zero-order chi connectivity index (χ0) is 19.9. The number of hydrogen-bond acceptors (Lipinski definition) is 4. The van der Waals surface area contributed by atoms with Crippen LogP contribution in [0.5, 0.6) is 5.75 Å². The molecule has 5 nitrogen and oxygen atoms in total. The normalized spacial score (nSPS) is 14.6. The first-order chi connectivity index (χ1) is 14.3. The number of carbonyl (C=O) groups is 1. The fourth-order valence-electron chi connectivity index (χ4n) is 3.47. The lowest BCUT2D eigenvalue weighted by Gasteiger charge is -2.34. The molecule has 0 spiro atoms. The van der Waals surface area contributed by atoms with Crippen LogP contribution in [0.3, 0.4) is 0 Å². The number of amides is 1. The largest absolute Gasteiger partial charge is 0.489 e. The molecule has 0 unspecified atom stereocenters. The first-order valence-electron chi connectivity index (χ1n) is 9.95. The Labute approximate surface area is 171 Å². The molecule has 4 rings (SSSR count). The van der Waals surface area contributed by atoms with Crippen molar-refractivity contribution in [2.75, 3.05) is 26.2 Å². The lowest BCUT2D eigenvalue weighted by molar-refractivity contribution is 0.0628. The number of hydrogen-bond donors (Lipinski definition) is 0. The molecule has 0 atom stereocenters. The predicted molar refractivity (Wildman–Crippen MR) is 113 cm³/mol. The van der Waals surface area contributed by atoms with E-state index in [0.29, 0.717) is 12.2 Å². The quantitative estimate of drug-likeness (QED) is 0.648. The number of benzene rings is 2. The molecule has 1 aliphatic heterocycles. The first-order valence-corrected chi connectivity index (χ1v) is 9.95. The maximum Gasteiger partial charge on any atom is 0.253 e. The third kappa shape index (κ3) is 5.21. The van der Waals surface area contributed by atoms with Crippen LogP contribution in [-0.4, -0.2) is 46.9 Å². The molecule has 1 aromatic heterocycles. The minimum atomic E-state index is 0.0863. The van der Waals surface area contributed by atoms with Gasteiger partial charge in [0.15, 0.2) is 0 Å². The van der Waals surface area contributed by atoms with Gasteiger partial charge in [-0.05, 0) is 47.5 Å². The topological polar surface area (TPSA) is 45.7 Å². The highest BCUT2D eigenvalue weighted by Gasteiger charge is 2.22. The van der Waals surface area contributed by atoms with Gasteiger partial charge in [-0.15, -0.1) is 0 Å². The molecule has 148 valence electrons. The average molecular weight is 387 g/mol. The van der Waals surface area contributed by atoms with Gasteiger partial charge in [0, 0.05) is 50.7 Å². The van der Waals surface area contributed by atoms with Gasteiger partial charge in [0.25, 0.3) is 5.91 Å². The molecule has 29 heavy (non-hydrogen) atoms. The summed E-state index contributed by atoms with van der Waals surface area (Å²) in [5.74, 6) is 0.857. The smallest absolute Gasteiger partial charge is 0.253 e. The number of carbonyl (C=O) groups excluding carboxylic acids is 1. The van der Waals surface area contributed by atoms with Crippen LogP contribution in [-0.2, 0) is 13.2 Å². The van der Waals surface area contributed by atoms with Crippen LogP contribution in [0.15, 0.2) is 79.1 Å². The summed E-state index contributed by atoms with van der Waals surface area (Å²) in [6.07, 6.45) is 3.64. The van der Waals surface area contributed by atoms with E-state index in [-0.39, 0.29) is 5.91 Å². The fourth-order valence-corrected chi connectivity index (χ4v) is 3.47. The molecule has 2 aromatic carbocycles. The van der Waals surface area contributed by atoms with E-state index in [9.17, 15) is 4.79 Å². The van der Waals surface area contributed by atoms with E-state index < -0.39 is 0 Å². The Morgan fingerprint density at radius 3 is 2.21 bits per heavy atom. The van der Waals surface area contributed by atoms with Gasteiger partial charge in [0.2, 0.25) is 0 Å². The Morgan fingerprint density at radius 2 is 1.52 bits per heavy atom. The highest BCUT2D eigenvalue weighted by molar-refractivity contribution is 5.94. The molecule has 0 saturated carbocycles. The van der Waals surface area contributed by atoms with Crippen LogP contribution in [0.2, 0.25) is 0 Å². The number of aromatic nitrogens is 1. The number of pyridine rings is 1. The molecule has 0 N–H and O–H groups in total. The van der Waals surface area contributed by atoms with Crippen molar-refractivity contribution in [3.8, 4) is 5.75 Å². The maximum atomic E-state index is 12.8. The van der Waals surface area contributed by atoms with Crippen LogP contribution in [0.4, 0.5) is 0 Å². The summed E-state index contributed by atoms with van der Waals surface area (Å²) in [5.41, 5.74) is 3.09. The second-order valence-electron chi connectivity index (χ2n) is 7.22. The van der Waals surface area contributed by atoms with Gasteiger partial charge in [-0.1, -0.05) is 30.3 Å². The third-order valence-corrected chi connectivity index (χ3v) is 5.16. The zero-order valence-corrected chi connectivity index (χ0v) is 16.4. The van der Waals surface area contributed by atoms with Crippen LogP contribution < -0.4 is 4.74 Å². The minimum absolute atomic E-state index is 0.0863. The second-order valence-corrected chi connectivity index (χ2v) is 7.22. The summed E-state index contributed by atoms with van der Waals surface area (Å²) in [7, 11) is 0. The molecule has 1 fully saturated rings. The standard InChI is InChI=1S/C24H25N3O2/c28-24(27-16-14-26(15-17-27)18-20-10-12-25-13-11-20)22-6-8-23(9-7-22)29-19-21-4-2-1-3-5-21/h1-13H,14-19H2. The molecular weight excluding hydrogens is 362 g/mol. The Bertz CT molecular complexity index is 906. The zero-order valence-electron chi connectivity index (χ0n) is 16.4. The fraction of sp³-hybridized carbons (Fsp3) is 0.250. The molecule has 0 aliphatic carbocycles. The molecule has 2 heterocycles. The van der Waals surface area contributed by atoms with E-state index in [1.54, 1.807) is 0 Å². The summed E-state index contributed by atoms with van der Waals surface area (Å²) in [6.45, 7) is 4.68. The van der Waals surface area contributed by atoms with Crippen molar-refractivity contribution in [3.05, 3.63) is 95.8 Å². The summed E-state index contributed by atoms with van der Waals surface area (Å²) >= 11 is 0. The monoisotopic (exact) mass is 387 g/mol. The van der Waals surface area contributed by atoms with Crippen molar-refractivity contribution in [1.29, 1.82) is 0 Å². The number of nitrogens with zero attached hydrogens (tertiary/aromatic N) is 3. The number of rotatable bonds is 6. The Balaban J connectivity index is 1.27. The van der Waals surface area contributed by atoms with Gasteiger partial charge in [-0.2, -0.15) is 0 Å². The van der Waals surface area contributed by atoms with E-state index in [4.69, 9.17) is 4.74 Å². The molecule has 1 amide bonds. The van der Waals surface area contributed by atoms with E-state index in [1.165, 1.54) is 5.56 Å². The molecule has 1 saturated heterocycles. The molecule has 1 aliphatic rings. The van der Waals surface area contributed by atoms with Crippen LogP contribution in [0.1, 0.15) is 21.5 Å². The third-order valence-electron chi connectivity index (χ3n) is 5.16. The summed E-state index contributed by atoms with van der Waals surface area (Å²) in [4.78, 5) is 21.2. The second kappa shape index (κ2) is 9.34. The van der Waals surface area contributed by atoms with E-state index in [2.05, 4.69) is 9.88 Å². The van der Waals surface area contributed by atoms with Crippen molar-refractivity contribution < 1.29 is 9.53 Å². The summed E-state index contributed by atoms with van der Waals surface area (Å²) < 4.78 is 5.81. The van der Waals surface area contributed by atoms with Crippen molar-refractivity contribution in [1.82, 2.24) is 14.8 Å². The average Bonchev–Trinajstić information content (AvgIpc) is 2.79. The van der Waals surface area contributed by atoms with E-state index in [1.807, 2.05) is 84.0 Å². The maximum absolute atomic E-state index is 12.8. The van der Waals surface area contributed by atoms with Crippen molar-refractivity contribution in [2.24, 2.45) is 0 Å². The van der Waals surface area contributed by atoms with Gasteiger partial charge in [0.05, 0.1) is 0 Å². The van der Waals surface area contributed by atoms with Crippen molar-refractivity contribution in [2.45, 2.75) is 13.2 Å². The molecular formula is C24H25N3O2. The molecule has 0 bridgehead atoms. The van der Waals surface area contributed by atoms with Gasteiger partial charge >= 0.3 is 0 Å². The van der Waals surface area contributed by atoms with Crippen LogP contribution >= 0.6 is 0 Å². The highest BCUT2D eigenvalue weighted by Crippen LogP contribution is 2.17. The van der Waals surface area contributed by atoms with Gasteiger partial charge in [-0.25, -0.2) is 0 Å². The summed E-state index contributed by atoms with van der Waals surface area (Å²) in [6, 6.07) is 21.6. The highest BCUT2D eigenvalue weighted by atomic mass is 16.5. The molecule has 0 radical (unpaired) electrons. The van der Waals surface area contributed by atoms with Crippen LogP contribution in [0, 0.1) is 0 Å². The SMILES string of the molecule is O=C(c1ccc(OCc2ccccc2)cc1)N1CCN(Cc2ccncc2)CC1. The van der Waals surface area contributed by atoms with Gasteiger partial charge in [0.1, 0.15) is 12.4 Å². The van der Waals surface area contributed by atoms with Crippen molar-refractivity contribution >= 4 is 5.91 Å². The van der Waals surface area contributed by atoms with Gasteiger partial charge < -0.3 is 9.64 Å². The Kier molecular flexibility index (Phi) is 6.17. The lowest BCUT2D eigenvalue weighted by atomic mass is 10.1. The summed E-state index contributed by atoms with van der Waals surface area (Å²) in [5, 5.41) is 0. The minimum Gasteiger partial charge on any atom is -0.489 e. The first kappa shape index (κ1) is 19.2. The number of ether oxygens (including phenoxy) is 1. The Hall–Kier alpha value is -3.18. The lowest BCUT2D eigenvalue weighted by Crippen LogP contribution is -2.48.